The first-order valence-corrected chi connectivity index (χ1v) is 11.4. The van der Waals surface area contributed by atoms with Crippen LogP contribution in [-0.4, -0.2) is 56.4 Å². The number of pyridine rings is 1. The summed E-state index contributed by atoms with van der Waals surface area (Å²) < 4.78 is 7.82. The van der Waals surface area contributed by atoms with Crippen molar-refractivity contribution >= 4 is 28.3 Å². The summed E-state index contributed by atoms with van der Waals surface area (Å²) >= 11 is 6.57. The number of nitrogens with two attached hydrogens (primary N) is 1. The molecule has 1 saturated heterocycles. The molecule has 3 aromatic heterocycles. The third kappa shape index (κ3) is 4.49. The third-order valence-electron chi connectivity index (χ3n) is 6.07. The number of hydrogen-bond donors (Lipinski definition) is 1. The quantitative estimate of drug-likeness (QED) is 0.477. The number of nitrogens with zero attached hydrogens (tertiary/aromatic N) is 6. The number of benzene rings is 1. The van der Waals surface area contributed by atoms with Crippen molar-refractivity contribution in [1.29, 1.82) is 0 Å². The molecule has 0 unspecified atom stereocenters. The minimum Gasteiger partial charge on any atom is -0.475 e. The van der Waals surface area contributed by atoms with Crippen LogP contribution in [0.25, 0.3) is 33.5 Å². The second kappa shape index (κ2) is 8.96. The molecule has 8 nitrogen and oxygen atoms in total. The van der Waals surface area contributed by atoms with Crippen molar-refractivity contribution < 1.29 is 4.74 Å². The van der Waals surface area contributed by atoms with E-state index in [0.717, 1.165) is 42.4 Å². The van der Waals surface area contributed by atoms with Crippen molar-refractivity contribution in [2.24, 2.45) is 13.0 Å². The minimum absolute atomic E-state index is 0.251. The van der Waals surface area contributed by atoms with Crippen LogP contribution in [0.4, 0.5) is 5.82 Å². The summed E-state index contributed by atoms with van der Waals surface area (Å²) in [5, 5.41) is 5.98. The number of anilines is 1. The topological polar surface area (TPSA) is 95.0 Å². The predicted octanol–water partition coefficient (Wildman–Crippen LogP) is 4.05. The predicted molar refractivity (Wildman–Crippen MR) is 130 cm³/mol. The van der Waals surface area contributed by atoms with Gasteiger partial charge < -0.3 is 15.4 Å². The molecular weight excluding hydrogens is 438 g/mol. The van der Waals surface area contributed by atoms with Gasteiger partial charge in [-0.05, 0) is 63.2 Å². The first-order chi connectivity index (χ1) is 16.0. The van der Waals surface area contributed by atoms with Gasteiger partial charge in [0, 0.05) is 30.4 Å². The summed E-state index contributed by atoms with van der Waals surface area (Å²) in [6.45, 7) is 2.71. The Labute approximate surface area is 197 Å². The molecule has 4 aromatic rings. The fraction of sp³-hybridized carbons (Fsp3) is 0.333. The molecule has 0 aliphatic carbocycles. The molecule has 33 heavy (non-hydrogen) atoms. The Balaban J connectivity index is 1.56. The number of aryl methyl sites for hydroxylation is 1. The van der Waals surface area contributed by atoms with Crippen molar-refractivity contribution in [2.75, 3.05) is 32.5 Å². The van der Waals surface area contributed by atoms with Crippen LogP contribution >= 0.6 is 11.6 Å². The normalized spacial score (nSPS) is 15.2. The Kier molecular flexibility index (Phi) is 5.86. The van der Waals surface area contributed by atoms with Gasteiger partial charge in [0.15, 0.2) is 5.82 Å². The summed E-state index contributed by atoms with van der Waals surface area (Å²) in [7, 11) is 4.00. The standard InChI is InChI=1S/C24H26ClN7O/c1-31-9-5-15(6-10-31)14-33-24-23(26)28-22(19-7-11-32(2)30-19)21(29-24)17-12-16-4-3-8-27-20(16)18(25)13-17/h3-4,7-8,11-13,15H,5-6,9-10,14H2,1-2H3,(H2,26,28). The zero-order valence-electron chi connectivity index (χ0n) is 18.7. The zero-order chi connectivity index (χ0) is 22.9. The maximum atomic E-state index is 6.57. The lowest BCUT2D eigenvalue weighted by Gasteiger charge is -2.28. The van der Waals surface area contributed by atoms with E-state index in [1.165, 1.54) is 0 Å². The van der Waals surface area contributed by atoms with Gasteiger partial charge in [0.1, 0.15) is 17.1 Å². The fourth-order valence-corrected chi connectivity index (χ4v) is 4.45. The average Bonchev–Trinajstić information content (AvgIpc) is 3.25. The largest absolute Gasteiger partial charge is 0.475 e. The molecule has 1 fully saturated rings. The van der Waals surface area contributed by atoms with Crippen LogP contribution < -0.4 is 10.5 Å². The molecule has 0 amide bonds. The molecule has 0 atom stereocenters. The SMILES string of the molecule is CN1CCC(COc2nc(-c3cc(Cl)c4ncccc4c3)c(-c3ccn(C)n3)nc2N)CC1. The molecule has 1 aromatic carbocycles. The summed E-state index contributed by atoms with van der Waals surface area (Å²) in [6.07, 6.45) is 5.77. The maximum absolute atomic E-state index is 6.57. The van der Waals surface area contributed by atoms with Gasteiger partial charge in [-0.25, -0.2) is 9.97 Å². The van der Waals surface area contributed by atoms with Crippen LogP contribution in [0.1, 0.15) is 12.8 Å². The molecule has 1 aliphatic heterocycles. The minimum atomic E-state index is 0.251. The van der Waals surface area contributed by atoms with Gasteiger partial charge in [0.05, 0.1) is 17.1 Å². The molecule has 1 aliphatic rings. The molecule has 2 N–H and O–H groups in total. The van der Waals surface area contributed by atoms with Crippen molar-refractivity contribution in [1.82, 2.24) is 29.6 Å². The van der Waals surface area contributed by atoms with Crippen LogP contribution in [0.5, 0.6) is 5.88 Å². The lowest BCUT2D eigenvalue weighted by Crippen LogP contribution is -2.32. The average molecular weight is 464 g/mol. The van der Waals surface area contributed by atoms with Crippen molar-refractivity contribution in [3.05, 3.63) is 47.7 Å². The number of ether oxygens (including phenoxy) is 1. The van der Waals surface area contributed by atoms with E-state index < -0.39 is 0 Å². The van der Waals surface area contributed by atoms with Gasteiger partial charge in [-0.15, -0.1) is 0 Å². The Bertz CT molecular complexity index is 1300. The molecule has 5 rings (SSSR count). The van der Waals surface area contributed by atoms with E-state index in [0.29, 0.717) is 40.5 Å². The highest BCUT2D eigenvalue weighted by atomic mass is 35.5. The molecule has 0 spiro atoms. The Morgan fingerprint density at radius 3 is 2.70 bits per heavy atom. The van der Waals surface area contributed by atoms with Gasteiger partial charge in [0.2, 0.25) is 0 Å². The van der Waals surface area contributed by atoms with Crippen LogP contribution in [0.2, 0.25) is 5.02 Å². The molecule has 0 radical (unpaired) electrons. The van der Waals surface area contributed by atoms with Gasteiger partial charge >= 0.3 is 0 Å². The number of rotatable bonds is 5. The smallest absolute Gasteiger partial charge is 0.257 e. The van der Waals surface area contributed by atoms with Gasteiger partial charge in [-0.1, -0.05) is 17.7 Å². The number of hydrogen-bond acceptors (Lipinski definition) is 7. The summed E-state index contributed by atoms with van der Waals surface area (Å²) in [5.41, 5.74) is 9.72. The summed E-state index contributed by atoms with van der Waals surface area (Å²) in [6, 6.07) is 9.59. The van der Waals surface area contributed by atoms with Gasteiger partial charge in [-0.3, -0.25) is 9.67 Å². The van der Waals surface area contributed by atoms with Crippen LogP contribution in [-0.2, 0) is 7.05 Å². The Morgan fingerprint density at radius 1 is 1.12 bits per heavy atom. The van der Waals surface area contributed by atoms with Crippen molar-refractivity contribution in [3.63, 3.8) is 0 Å². The number of fused-ring (bicyclic) bond motifs is 1. The first kappa shape index (κ1) is 21.6. The van der Waals surface area contributed by atoms with E-state index >= 15 is 0 Å². The van der Waals surface area contributed by atoms with Crippen LogP contribution in [0, 0.1) is 5.92 Å². The van der Waals surface area contributed by atoms with Gasteiger partial charge in [-0.2, -0.15) is 5.10 Å². The first-order valence-electron chi connectivity index (χ1n) is 11.0. The number of likely N-dealkylation sites (tertiary alicyclic amines) is 1. The van der Waals surface area contributed by atoms with Crippen LogP contribution in [0.3, 0.4) is 0 Å². The molecule has 9 heteroatoms. The van der Waals surface area contributed by atoms with Crippen LogP contribution in [0.15, 0.2) is 42.7 Å². The Morgan fingerprint density at radius 2 is 1.94 bits per heavy atom. The molecule has 0 saturated carbocycles. The van der Waals surface area contributed by atoms with E-state index in [9.17, 15) is 0 Å². The highest BCUT2D eigenvalue weighted by Gasteiger charge is 2.22. The highest BCUT2D eigenvalue weighted by molar-refractivity contribution is 6.35. The van der Waals surface area contributed by atoms with Gasteiger partial charge in [0.25, 0.3) is 5.88 Å². The lowest BCUT2D eigenvalue weighted by molar-refractivity contribution is 0.157. The second-order valence-electron chi connectivity index (χ2n) is 8.58. The highest BCUT2D eigenvalue weighted by Crippen LogP contribution is 2.36. The number of halogens is 1. The van der Waals surface area contributed by atoms with E-state index in [4.69, 9.17) is 27.1 Å². The number of aromatic nitrogens is 5. The molecule has 4 heterocycles. The van der Waals surface area contributed by atoms with E-state index in [2.05, 4.69) is 27.0 Å². The van der Waals surface area contributed by atoms with Crippen molar-refractivity contribution in [3.8, 4) is 28.5 Å². The molecule has 170 valence electrons. The molecular formula is C24H26ClN7O. The maximum Gasteiger partial charge on any atom is 0.257 e. The van der Waals surface area contributed by atoms with Crippen molar-refractivity contribution in [2.45, 2.75) is 12.8 Å². The third-order valence-corrected chi connectivity index (χ3v) is 6.36. The number of piperidine rings is 1. The lowest BCUT2D eigenvalue weighted by atomic mass is 9.98. The number of nitrogen functional groups attached to an aromatic ring is 1. The van der Waals surface area contributed by atoms with E-state index in [1.54, 1.807) is 10.9 Å². The fourth-order valence-electron chi connectivity index (χ4n) is 4.17. The molecule has 0 bridgehead atoms. The second-order valence-corrected chi connectivity index (χ2v) is 8.98. The summed E-state index contributed by atoms with van der Waals surface area (Å²) in [5.74, 6) is 1.06. The zero-order valence-corrected chi connectivity index (χ0v) is 19.5. The Hall–Kier alpha value is -3.23. The summed E-state index contributed by atoms with van der Waals surface area (Å²) in [4.78, 5) is 16.2. The van der Waals surface area contributed by atoms with E-state index in [1.807, 2.05) is 43.6 Å². The van der Waals surface area contributed by atoms with E-state index in [-0.39, 0.29) is 5.82 Å². The monoisotopic (exact) mass is 463 g/mol.